The number of rotatable bonds is 5. The molecule has 1 atom stereocenters. The molecule has 4 rings (SSSR count). The standard InChI is InChI=1S/C23H16F6N2O5S/c24-16-6-5-14(9-18(16)26)37(34,35)31-10-13(11-32)36-20-7-4-12(8-19(20)31)30-22(33)21-15(23(27,28)29)2-1-3-17(21)25/h1-9,13,32H,10-11H2,(H,30,33). The molecular formula is C23H16F6N2O5S. The summed E-state index contributed by atoms with van der Waals surface area (Å²) in [5.74, 6) is -5.70. The van der Waals surface area contributed by atoms with E-state index < -0.39 is 74.8 Å². The van der Waals surface area contributed by atoms with Crippen LogP contribution >= 0.6 is 0 Å². The van der Waals surface area contributed by atoms with Gasteiger partial charge in [0.05, 0.1) is 34.9 Å². The van der Waals surface area contributed by atoms with Crippen molar-refractivity contribution in [3.63, 3.8) is 0 Å². The molecule has 1 unspecified atom stereocenters. The number of amides is 1. The fourth-order valence-corrected chi connectivity index (χ4v) is 5.17. The Labute approximate surface area is 205 Å². The van der Waals surface area contributed by atoms with E-state index in [9.17, 15) is 44.7 Å². The van der Waals surface area contributed by atoms with Gasteiger partial charge in [0.2, 0.25) is 0 Å². The third-order valence-electron chi connectivity index (χ3n) is 5.38. The van der Waals surface area contributed by atoms with Crippen LogP contribution in [-0.4, -0.2) is 38.7 Å². The van der Waals surface area contributed by atoms with Crippen molar-refractivity contribution < 1.29 is 49.4 Å². The quantitative estimate of drug-likeness (QED) is 0.465. The van der Waals surface area contributed by atoms with Crippen molar-refractivity contribution in [3.8, 4) is 5.75 Å². The van der Waals surface area contributed by atoms with E-state index in [-0.39, 0.29) is 17.1 Å². The van der Waals surface area contributed by atoms with Crippen LogP contribution in [0.2, 0.25) is 0 Å². The predicted molar refractivity (Wildman–Crippen MR) is 118 cm³/mol. The highest BCUT2D eigenvalue weighted by Crippen LogP contribution is 2.39. The van der Waals surface area contributed by atoms with Gasteiger partial charge in [-0.05, 0) is 48.5 Å². The smallest absolute Gasteiger partial charge is 0.417 e. The first-order valence-corrected chi connectivity index (χ1v) is 11.8. The van der Waals surface area contributed by atoms with Gasteiger partial charge in [0.1, 0.15) is 17.7 Å². The number of ether oxygens (including phenoxy) is 1. The largest absolute Gasteiger partial charge is 0.484 e. The molecule has 0 saturated carbocycles. The van der Waals surface area contributed by atoms with E-state index in [1.54, 1.807) is 0 Å². The van der Waals surface area contributed by atoms with Crippen LogP contribution in [0, 0.1) is 17.5 Å². The number of halogens is 6. The number of carbonyl (C=O) groups excluding carboxylic acids is 1. The third kappa shape index (κ3) is 5.06. The normalized spacial score (nSPS) is 15.6. The van der Waals surface area contributed by atoms with Crippen molar-refractivity contribution in [1.29, 1.82) is 0 Å². The summed E-state index contributed by atoms with van der Waals surface area (Å²) < 4.78 is 114. The molecule has 7 nitrogen and oxygen atoms in total. The van der Waals surface area contributed by atoms with Gasteiger partial charge in [-0.3, -0.25) is 9.10 Å². The average Bonchev–Trinajstić information content (AvgIpc) is 2.84. The van der Waals surface area contributed by atoms with Crippen molar-refractivity contribution in [2.45, 2.75) is 17.2 Å². The summed E-state index contributed by atoms with van der Waals surface area (Å²) in [4.78, 5) is 12.0. The molecular weight excluding hydrogens is 530 g/mol. The summed E-state index contributed by atoms with van der Waals surface area (Å²) >= 11 is 0. The van der Waals surface area contributed by atoms with Crippen molar-refractivity contribution in [2.24, 2.45) is 0 Å². The van der Waals surface area contributed by atoms with E-state index in [2.05, 4.69) is 5.32 Å². The predicted octanol–water partition coefficient (Wildman–Crippen LogP) is 4.32. The number of benzene rings is 3. The van der Waals surface area contributed by atoms with Crippen LogP contribution in [0.15, 0.2) is 59.5 Å². The van der Waals surface area contributed by atoms with Crippen LogP contribution in [0.3, 0.4) is 0 Å². The highest BCUT2D eigenvalue weighted by Gasteiger charge is 2.38. The van der Waals surface area contributed by atoms with Crippen LogP contribution in [-0.2, 0) is 16.2 Å². The summed E-state index contributed by atoms with van der Waals surface area (Å²) in [5.41, 5.74) is -3.23. The molecule has 0 saturated heterocycles. The number of carbonyl (C=O) groups is 1. The molecule has 1 aliphatic heterocycles. The van der Waals surface area contributed by atoms with Gasteiger partial charge in [-0.2, -0.15) is 13.2 Å². The summed E-state index contributed by atoms with van der Waals surface area (Å²) in [5, 5.41) is 11.6. The van der Waals surface area contributed by atoms with Crippen LogP contribution in [0.25, 0.3) is 0 Å². The Morgan fingerprint density at radius 3 is 2.41 bits per heavy atom. The molecule has 14 heteroatoms. The Kier molecular flexibility index (Phi) is 6.81. The summed E-state index contributed by atoms with van der Waals surface area (Å²) in [7, 11) is -4.57. The van der Waals surface area contributed by atoms with Gasteiger partial charge in [0.15, 0.2) is 11.6 Å². The van der Waals surface area contributed by atoms with E-state index >= 15 is 0 Å². The summed E-state index contributed by atoms with van der Waals surface area (Å²) in [6.07, 6.45) is -6.09. The maximum Gasteiger partial charge on any atom is 0.417 e. The van der Waals surface area contributed by atoms with E-state index in [1.807, 2.05) is 0 Å². The Morgan fingerprint density at radius 2 is 1.76 bits per heavy atom. The van der Waals surface area contributed by atoms with Crippen molar-refractivity contribution in [3.05, 3.63) is 83.2 Å². The maximum atomic E-state index is 14.2. The number of fused-ring (bicyclic) bond motifs is 1. The molecule has 3 aromatic rings. The zero-order valence-corrected chi connectivity index (χ0v) is 19.2. The second kappa shape index (κ2) is 9.59. The monoisotopic (exact) mass is 546 g/mol. The minimum Gasteiger partial charge on any atom is -0.484 e. The molecule has 0 fully saturated rings. The fraction of sp³-hybridized carbons (Fsp3) is 0.174. The molecule has 2 N–H and O–H groups in total. The number of sulfonamides is 1. The third-order valence-corrected chi connectivity index (χ3v) is 7.15. The lowest BCUT2D eigenvalue weighted by molar-refractivity contribution is -0.138. The van der Waals surface area contributed by atoms with Crippen LogP contribution in [0.4, 0.5) is 37.7 Å². The first-order valence-electron chi connectivity index (χ1n) is 10.4. The Bertz CT molecular complexity index is 1480. The van der Waals surface area contributed by atoms with Crippen molar-refractivity contribution in [1.82, 2.24) is 0 Å². The number of hydrogen-bond acceptors (Lipinski definition) is 5. The number of nitrogens with one attached hydrogen (secondary N) is 1. The van der Waals surface area contributed by atoms with E-state index in [1.165, 1.54) is 6.07 Å². The van der Waals surface area contributed by atoms with Gasteiger partial charge in [0, 0.05) is 5.69 Å². The molecule has 0 bridgehead atoms. The van der Waals surface area contributed by atoms with Gasteiger partial charge >= 0.3 is 6.18 Å². The molecule has 196 valence electrons. The average molecular weight is 546 g/mol. The van der Waals surface area contributed by atoms with Crippen LogP contribution < -0.4 is 14.4 Å². The fourth-order valence-electron chi connectivity index (χ4n) is 3.66. The lowest BCUT2D eigenvalue weighted by Gasteiger charge is -2.35. The Balaban J connectivity index is 1.74. The highest BCUT2D eigenvalue weighted by molar-refractivity contribution is 7.92. The summed E-state index contributed by atoms with van der Waals surface area (Å²) in [6, 6.07) is 7.25. The van der Waals surface area contributed by atoms with Gasteiger partial charge in [-0.25, -0.2) is 21.6 Å². The van der Waals surface area contributed by atoms with Gasteiger partial charge < -0.3 is 15.2 Å². The molecule has 1 amide bonds. The molecule has 0 radical (unpaired) electrons. The summed E-state index contributed by atoms with van der Waals surface area (Å²) in [6.45, 7) is -1.09. The van der Waals surface area contributed by atoms with E-state index in [0.29, 0.717) is 28.6 Å². The van der Waals surface area contributed by atoms with Gasteiger partial charge in [0.25, 0.3) is 15.9 Å². The first kappa shape index (κ1) is 26.3. The number of nitrogens with zero attached hydrogens (tertiary/aromatic N) is 1. The Morgan fingerprint density at radius 1 is 1.03 bits per heavy atom. The molecule has 0 spiro atoms. The molecule has 0 aromatic heterocycles. The topological polar surface area (TPSA) is 95.9 Å². The maximum absolute atomic E-state index is 14.2. The van der Waals surface area contributed by atoms with Crippen LogP contribution in [0.5, 0.6) is 5.75 Å². The van der Waals surface area contributed by atoms with Crippen LogP contribution in [0.1, 0.15) is 15.9 Å². The second-order valence-corrected chi connectivity index (χ2v) is 9.69. The van der Waals surface area contributed by atoms with Crippen molar-refractivity contribution >= 4 is 27.3 Å². The number of aliphatic hydroxyl groups is 1. The van der Waals surface area contributed by atoms with Gasteiger partial charge in [-0.15, -0.1) is 0 Å². The molecule has 1 aliphatic rings. The first-order chi connectivity index (χ1) is 17.3. The van der Waals surface area contributed by atoms with Crippen molar-refractivity contribution in [2.75, 3.05) is 22.8 Å². The van der Waals surface area contributed by atoms with E-state index in [4.69, 9.17) is 4.74 Å². The lowest BCUT2D eigenvalue weighted by Crippen LogP contribution is -2.45. The zero-order chi connectivity index (χ0) is 27.1. The molecule has 3 aromatic carbocycles. The SMILES string of the molecule is O=C(Nc1ccc2c(c1)N(S(=O)(=O)c1ccc(F)c(F)c1)CC(CO)O2)c1c(F)cccc1C(F)(F)F. The van der Waals surface area contributed by atoms with Gasteiger partial charge in [-0.1, -0.05) is 6.07 Å². The lowest BCUT2D eigenvalue weighted by atomic mass is 10.1. The highest BCUT2D eigenvalue weighted by atomic mass is 32.2. The molecule has 37 heavy (non-hydrogen) atoms. The molecule has 0 aliphatic carbocycles. The molecule has 1 heterocycles. The number of anilines is 2. The second-order valence-electron chi connectivity index (χ2n) is 7.83. The number of alkyl halides is 3. The van der Waals surface area contributed by atoms with E-state index in [0.717, 1.165) is 24.3 Å². The minimum absolute atomic E-state index is 0.101. The zero-order valence-electron chi connectivity index (χ0n) is 18.4. The number of hydrogen-bond donors (Lipinski definition) is 2. The Hall–Kier alpha value is -3.78. The number of aliphatic hydroxyl groups excluding tert-OH is 1. The minimum atomic E-state index is -5.03.